The van der Waals surface area contributed by atoms with Crippen LogP contribution in [0.4, 0.5) is 0 Å². The van der Waals surface area contributed by atoms with Gasteiger partial charge in [-0.1, -0.05) is 0 Å². The zero-order valence-corrected chi connectivity index (χ0v) is 20.1. The van der Waals surface area contributed by atoms with Crippen molar-refractivity contribution in [1.29, 1.82) is 0 Å². The molecule has 11 atom stereocenters. The van der Waals surface area contributed by atoms with Gasteiger partial charge in [-0.25, -0.2) is 4.79 Å². The molecule has 13 heteroatoms. The Morgan fingerprint density at radius 1 is 1.03 bits per heavy atom. The Bertz CT molecular complexity index is 1030. The predicted octanol–water partition coefficient (Wildman–Crippen LogP) is -1.71. The molecule has 1 aromatic carbocycles. The van der Waals surface area contributed by atoms with Gasteiger partial charge in [0.1, 0.15) is 42.2 Å². The first-order valence-electron chi connectivity index (χ1n) is 11.8. The van der Waals surface area contributed by atoms with Crippen LogP contribution in [0.15, 0.2) is 30.5 Å². The topological polar surface area (TPSA) is 186 Å². The van der Waals surface area contributed by atoms with E-state index < -0.39 is 85.8 Å². The number of rotatable bonds is 8. The number of aliphatic hydroxyl groups is 5. The third-order valence-electron chi connectivity index (χ3n) is 7.46. The van der Waals surface area contributed by atoms with E-state index in [1.165, 1.54) is 32.6 Å². The Hall–Kier alpha value is -2.49. The molecular weight excluding hydrogens is 496 g/mol. The number of methoxy groups -OCH3 is 2. The Morgan fingerprint density at radius 2 is 1.78 bits per heavy atom. The zero-order valence-electron chi connectivity index (χ0n) is 20.1. The summed E-state index contributed by atoms with van der Waals surface area (Å²) in [6.07, 6.45) is -7.02. The van der Waals surface area contributed by atoms with Crippen LogP contribution in [0, 0.1) is 11.8 Å². The lowest BCUT2D eigenvalue weighted by Crippen LogP contribution is -2.60. The van der Waals surface area contributed by atoms with Crippen molar-refractivity contribution in [2.45, 2.75) is 54.8 Å². The highest BCUT2D eigenvalue weighted by atomic mass is 16.8. The van der Waals surface area contributed by atoms with Crippen LogP contribution in [-0.4, -0.2) is 114 Å². The van der Waals surface area contributed by atoms with Crippen molar-refractivity contribution >= 4 is 5.97 Å². The van der Waals surface area contributed by atoms with Gasteiger partial charge in [0.05, 0.1) is 45.2 Å². The highest BCUT2D eigenvalue weighted by molar-refractivity contribution is 5.90. The number of aliphatic hydroxyl groups excluding tert-OH is 5. The summed E-state index contributed by atoms with van der Waals surface area (Å²) in [4.78, 5) is 13.0. The average molecular weight is 526 g/mol. The van der Waals surface area contributed by atoms with Gasteiger partial charge in [-0.05, 0) is 24.3 Å². The molecule has 0 spiro atoms. The molecule has 0 unspecified atom stereocenters. The molecule has 0 bridgehead atoms. The third kappa shape index (κ3) is 4.25. The van der Waals surface area contributed by atoms with Crippen molar-refractivity contribution in [1.82, 2.24) is 0 Å². The van der Waals surface area contributed by atoms with Crippen molar-refractivity contribution in [3.05, 3.63) is 36.1 Å². The van der Waals surface area contributed by atoms with Crippen LogP contribution in [0.25, 0.3) is 0 Å². The Labute approximate surface area is 211 Å². The fourth-order valence-corrected chi connectivity index (χ4v) is 5.44. The summed E-state index contributed by atoms with van der Waals surface area (Å²) in [5.41, 5.74) is -0.918. The molecule has 0 aromatic heterocycles. The maximum atomic E-state index is 13.0. The number of benzene rings is 1. The number of ether oxygens (including phenoxy) is 7. The van der Waals surface area contributed by atoms with E-state index >= 15 is 0 Å². The van der Waals surface area contributed by atoms with E-state index in [1.807, 2.05) is 0 Å². The van der Waals surface area contributed by atoms with E-state index in [0.717, 1.165) is 0 Å². The van der Waals surface area contributed by atoms with Crippen LogP contribution in [0.5, 0.6) is 11.5 Å². The fraction of sp³-hybridized carbons (Fsp3) is 0.625. The number of hydrogen-bond donors (Lipinski definition) is 5. The number of hydrogen-bond acceptors (Lipinski definition) is 13. The molecule has 1 aliphatic carbocycles. The van der Waals surface area contributed by atoms with Crippen LogP contribution in [-0.2, 0) is 23.7 Å². The van der Waals surface area contributed by atoms with E-state index in [2.05, 4.69) is 0 Å². The second-order valence-electron chi connectivity index (χ2n) is 9.36. The second kappa shape index (κ2) is 10.0. The van der Waals surface area contributed by atoms with E-state index in [4.69, 9.17) is 33.2 Å². The lowest BCUT2D eigenvalue weighted by molar-refractivity contribution is -0.344. The highest BCUT2D eigenvalue weighted by Gasteiger charge is 2.77. The number of carbonyl (C=O) groups is 1. The summed E-state index contributed by atoms with van der Waals surface area (Å²) in [5, 5.41) is 50.2. The molecule has 4 aliphatic rings. The standard InChI is InChI=1S/C24H30O13/c1-31-12-4-3-10(7-13(12)32-2)21(30)35-19-11-5-6-33-22(15(11)24(9-26)20(19)37-24)36-23-18(29)17(28)16(27)14(8-25)34-23/h3-7,11,14-20,22-23,25-29H,8-9H2,1-2H3/t11-,14-,15-,16-,17+,18-,19-,20+,22-,23+,24-/m1/s1. The molecule has 3 aliphatic heterocycles. The summed E-state index contributed by atoms with van der Waals surface area (Å²) in [6.45, 7) is -1.04. The molecular formula is C24H30O13. The SMILES string of the molecule is COc1ccc(C(=O)O[C@@H]2[C@@H]3C=CO[C@H](O[C@@H]4O[C@H](CO)[C@@H](O)[C@H](O)[C@H]4O)[C@@H]3[C@@]3(CO)O[C@@H]23)cc1OC. The summed E-state index contributed by atoms with van der Waals surface area (Å²) in [6, 6.07) is 4.61. The van der Waals surface area contributed by atoms with Gasteiger partial charge < -0.3 is 58.7 Å². The van der Waals surface area contributed by atoms with Crippen molar-refractivity contribution in [3.8, 4) is 11.5 Å². The van der Waals surface area contributed by atoms with Gasteiger partial charge in [0, 0.05) is 5.92 Å². The highest BCUT2D eigenvalue weighted by Crippen LogP contribution is 2.60. The van der Waals surface area contributed by atoms with Crippen molar-refractivity contribution in [2.24, 2.45) is 11.8 Å². The lowest BCUT2D eigenvalue weighted by atomic mass is 9.85. The molecule has 13 nitrogen and oxygen atoms in total. The van der Waals surface area contributed by atoms with Crippen LogP contribution >= 0.6 is 0 Å². The van der Waals surface area contributed by atoms with Gasteiger partial charge in [-0.15, -0.1) is 0 Å². The smallest absolute Gasteiger partial charge is 0.338 e. The maximum Gasteiger partial charge on any atom is 0.338 e. The monoisotopic (exact) mass is 526 g/mol. The molecule has 0 amide bonds. The molecule has 204 valence electrons. The number of epoxide rings is 1. The molecule has 2 saturated heterocycles. The first kappa shape index (κ1) is 26.1. The first-order chi connectivity index (χ1) is 17.8. The van der Waals surface area contributed by atoms with Crippen LogP contribution in [0.2, 0.25) is 0 Å². The summed E-state index contributed by atoms with van der Waals surface area (Å²) in [7, 11) is 2.93. The van der Waals surface area contributed by atoms with E-state index in [1.54, 1.807) is 12.1 Å². The lowest BCUT2D eigenvalue weighted by Gasteiger charge is -2.43. The quantitative estimate of drug-likeness (QED) is 0.191. The number of carbonyl (C=O) groups excluding carboxylic acids is 1. The minimum absolute atomic E-state index is 0.224. The largest absolute Gasteiger partial charge is 0.493 e. The van der Waals surface area contributed by atoms with Gasteiger partial charge in [0.15, 0.2) is 17.8 Å². The fourth-order valence-electron chi connectivity index (χ4n) is 5.44. The van der Waals surface area contributed by atoms with Gasteiger partial charge in [-0.2, -0.15) is 0 Å². The van der Waals surface area contributed by atoms with Gasteiger partial charge in [0.2, 0.25) is 6.29 Å². The van der Waals surface area contributed by atoms with E-state index in [9.17, 15) is 30.3 Å². The van der Waals surface area contributed by atoms with E-state index in [0.29, 0.717) is 11.5 Å². The molecule has 0 radical (unpaired) electrons. The summed E-state index contributed by atoms with van der Waals surface area (Å²) < 4.78 is 39.0. The molecule has 37 heavy (non-hydrogen) atoms. The van der Waals surface area contributed by atoms with Crippen molar-refractivity contribution in [2.75, 3.05) is 27.4 Å². The van der Waals surface area contributed by atoms with Gasteiger partial charge in [0.25, 0.3) is 0 Å². The predicted molar refractivity (Wildman–Crippen MR) is 119 cm³/mol. The minimum Gasteiger partial charge on any atom is -0.493 e. The maximum absolute atomic E-state index is 13.0. The Balaban J connectivity index is 1.34. The third-order valence-corrected chi connectivity index (χ3v) is 7.46. The molecule has 3 heterocycles. The summed E-state index contributed by atoms with van der Waals surface area (Å²) >= 11 is 0. The molecule has 1 aromatic rings. The first-order valence-corrected chi connectivity index (χ1v) is 11.8. The number of fused-ring (bicyclic) bond motifs is 3. The molecule has 3 fully saturated rings. The van der Waals surface area contributed by atoms with Crippen molar-refractivity contribution in [3.63, 3.8) is 0 Å². The zero-order chi connectivity index (χ0) is 26.5. The average Bonchev–Trinajstić information content (AvgIpc) is 3.60. The Kier molecular flexibility index (Phi) is 7.06. The van der Waals surface area contributed by atoms with Crippen molar-refractivity contribution < 1.29 is 63.5 Å². The summed E-state index contributed by atoms with van der Waals surface area (Å²) in [5.74, 6) is -1.00. The van der Waals surface area contributed by atoms with Crippen LogP contribution in [0.3, 0.4) is 0 Å². The van der Waals surface area contributed by atoms with Crippen LogP contribution in [0.1, 0.15) is 10.4 Å². The second-order valence-corrected chi connectivity index (χ2v) is 9.36. The van der Waals surface area contributed by atoms with Gasteiger partial charge in [-0.3, -0.25) is 0 Å². The van der Waals surface area contributed by atoms with E-state index in [-0.39, 0.29) is 5.56 Å². The minimum atomic E-state index is -1.65. The Morgan fingerprint density at radius 3 is 2.46 bits per heavy atom. The molecule has 5 rings (SSSR count). The molecule has 5 N–H and O–H groups in total. The molecule has 1 saturated carbocycles. The van der Waals surface area contributed by atoms with Gasteiger partial charge >= 0.3 is 5.97 Å². The number of esters is 1. The van der Waals surface area contributed by atoms with Crippen LogP contribution < -0.4 is 9.47 Å². The normalized spacial score (nSPS) is 41.8.